The topological polar surface area (TPSA) is 51.8 Å². The normalized spacial score (nSPS) is 10.5. The minimum Gasteiger partial charge on any atom is -0.354 e. The van der Waals surface area contributed by atoms with Crippen molar-refractivity contribution in [2.45, 2.75) is 5.16 Å². The van der Waals surface area contributed by atoms with Crippen molar-refractivity contribution in [3.63, 3.8) is 0 Å². The molecule has 0 atom stereocenters. The number of nitrogens with zero attached hydrogens (tertiary/aromatic N) is 3. The third-order valence-corrected chi connectivity index (χ3v) is 4.20. The molecule has 0 radical (unpaired) electrons. The predicted octanol–water partition coefficient (Wildman–Crippen LogP) is 4.83. The largest absolute Gasteiger partial charge is 0.354 e. The van der Waals surface area contributed by atoms with E-state index in [4.69, 9.17) is 34.1 Å². The van der Waals surface area contributed by atoms with E-state index in [2.05, 4.69) is 21.0 Å². The van der Waals surface area contributed by atoms with Gasteiger partial charge in [-0.25, -0.2) is 9.97 Å². The van der Waals surface area contributed by atoms with Crippen molar-refractivity contribution in [2.75, 3.05) is 5.75 Å². The summed E-state index contributed by atoms with van der Waals surface area (Å²) in [6.07, 6.45) is 6.89. The van der Waals surface area contributed by atoms with E-state index in [0.29, 0.717) is 38.1 Å². The SMILES string of the molecule is C#CCSc1nccc(-c2cc(-c3ccc(Cl)cc3Cl)no2)n1. The second-order valence-electron chi connectivity index (χ2n) is 4.42. The Morgan fingerprint density at radius 1 is 1.17 bits per heavy atom. The second kappa shape index (κ2) is 7.05. The van der Waals surface area contributed by atoms with Crippen LogP contribution in [0.4, 0.5) is 0 Å². The number of aromatic nitrogens is 3. The van der Waals surface area contributed by atoms with Gasteiger partial charge >= 0.3 is 0 Å². The maximum absolute atomic E-state index is 6.19. The highest BCUT2D eigenvalue weighted by molar-refractivity contribution is 7.99. The predicted molar refractivity (Wildman–Crippen MR) is 92.5 cm³/mol. The highest BCUT2D eigenvalue weighted by Gasteiger charge is 2.13. The molecule has 0 amide bonds. The number of benzene rings is 1. The molecule has 3 aromatic rings. The summed E-state index contributed by atoms with van der Waals surface area (Å²) in [5.74, 6) is 3.56. The van der Waals surface area contributed by atoms with Crippen molar-refractivity contribution >= 4 is 35.0 Å². The summed E-state index contributed by atoms with van der Waals surface area (Å²) < 4.78 is 5.37. The molecule has 0 aliphatic carbocycles. The van der Waals surface area contributed by atoms with Gasteiger partial charge in [0.25, 0.3) is 0 Å². The minimum atomic E-state index is 0.505. The van der Waals surface area contributed by atoms with Gasteiger partial charge in [0.05, 0.1) is 10.8 Å². The first kappa shape index (κ1) is 15.9. The number of thioether (sulfide) groups is 1. The van der Waals surface area contributed by atoms with Gasteiger partial charge in [-0.1, -0.05) is 46.0 Å². The summed E-state index contributed by atoms with van der Waals surface area (Å²) in [4.78, 5) is 8.54. The van der Waals surface area contributed by atoms with Crippen LogP contribution >= 0.6 is 35.0 Å². The van der Waals surface area contributed by atoms with Crippen LogP contribution in [0.15, 0.2) is 46.2 Å². The van der Waals surface area contributed by atoms with Gasteiger partial charge in [0.2, 0.25) is 0 Å². The first-order valence-electron chi connectivity index (χ1n) is 6.49. The zero-order valence-corrected chi connectivity index (χ0v) is 14.0. The van der Waals surface area contributed by atoms with Gasteiger partial charge in [0.1, 0.15) is 11.4 Å². The van der Waals surface area contributed by atoms with Crippen LogP contribution < -0.4 is 0 Å². The van der Waals surface area contributed by atoms with E-state index in [0.717, 1.165) is 5.56 Å². The summed E-state index contributed by atoms with van der Waals surface area (Å²) in [5.41, 5.74) is 1.98. The Morgan fingerprint density at radius 2 is 2.04 bits per heavy atom. The maximum Gasteiger partial charge on any atom is 0.189 e. The molecular weight excluding hydrogens is 353 g/mol. The lowest BCUT2D eigenvalue weighted by atomic mass is 10.1. The summed E-state index contributed by atoms with van der Waals surface area (Å²) in [7, 11) is 0. The molecule has 0 N–H and O–H groups in total. The summed E-state index contributed by atoms with van der Waals surface area (Å²) in [6.45, 7) is 0. The molecular formula is C16H9Cl2N3OS. The Labute approximate surface area is 147 Å². The smallest absolute Gasteiger partial charge is 0.189 e. The van der Waals surface area contributed by atoms with E-state index in [9.17, 15) is 0 Å². The summed E-state index contributed by atoms with van der Waals surface area (Å²) >= 11 is 13.5. The number of hydrogen-bond donors (Lipinski definition) is 0. The number of halogens is 2. The minimum absolute atomic E-state index is 0.505. The van der Waals surface area contributed by atoms with E-state index in [1.165, 1.54) is 11.8 Å². The molecule has 23 heavy (non-hydrogen) atoms. The van der Waals surface area contributed by atoms with Gasteiger partial charge in [0.15, 0.2) is 10.9 Å². The Hall–Kier alpha value is -2.00. The molecule has 2 heterocycles. The Balaban J connectivity index is 1.91. The van der Waals surface area contributed by atoms with Crippen LogP contribution in [0.5, 0.6) is 0 Å². The fourth-order valence-electron chi connectivity index (χ4n) is 1.87. The van der Waals surface area contributed by atoms with Crippen molar-refractivity contribution in [1.29, 1.82) is 0 Å². The monoisotopic (exact) mass is 361 g/mol. The molecule has 1 aromatic carbocycles. The van der Waals surface area contributed by atoms with Crippen LogP contribution in [-0.2, 0) is 0 Å². The van der Waals surface area contributed by atoms with Gasteiger partial charge in [-0.3, -0.25) is 0 Å². The molecule has 3 rings (SSSR count). The number of hydrogen-bond acceptors (Lipinski definition) is 5. The fraction of sp³-hybridized carbons (Fsp3) is 0.0625. The Morgan fingerprint density at radius 3 is 2.83 bits per heavy atom. The van der Waals surface area contributed by atoms with Crippen molar-refractivity contribution in [2.24, 2.45) is 0 Å². The molecule has 2 aromatic heterocycles. The van der Waals surface area contributed by atoms with Crippen LogP contribution in [0.3, 0.4) is 0 Å². The molecule has 0 bridgehead atoms. The molecule has 0 unspecified atom stereocenters. The standard InChI is InChI=1S/C16H9Cl2N3OS/c1-2-7-23-16-19-6-5-13(20-16)15-9-14(21-22-15)11-4-3-10(17)8-12(11)18/h1,3-6,8-9H,7H2. The highest BCUT2D eigenvalue weighted by atomic mass is 35.5. The molecule has 0 aliphatic heterocycles. The van der Waals surface area contributed by atoms with Crippen molar-refractivity contribution in [3.8, 4) is 35.1 Å². The molecule has 114 valence electrons. The molecule has 0 saturated heterocycles. The highest BCUT2D eigenvalue weighted by Crippen LogP contribution is 2.32. The van der Waals surface area contributed by atoms with Crippen molar-refractivity contribution in [3.05, 3.63) is 46.6 Å². The molecule has 4 nitrogen and oxygen atoms in total. The lowest BCUT2D eigenvalue weighted by Crippen LogP contribution is -1.89. The molecule has 0 fully saturated rings. The lowest BCUT2D eigenvalue weighted by molar-refractivity contribution is 0.433. The average molecular weight is 362 g/mol. The average Bonchev–Trinajstić information content (AvgIpc) is 3.03. The van der Waals surface area contributed by atoms with E-state index < -0.39 is 0 Å². The molecule has 0 aliphatic rings. The van der Waals surface area contributed by atoms with Crippen molar-refractivity contribution < 1.29 is 4.52 Å². The molecule has 7 heteroatoms. The van der Waals surface area contributed by atoms with Crippen LogP contribution in [-0.4, -0.2) is 20.9 Å². The van der Waals surface area contributed by atoms with Crippen LogP contribution in [0.2, 0.25) is 10.0 Å². The van der Waals surface area contributed by atoms with Crippen LogP contribution in [0, 0.1) is 12.3 Å². The quantitative estimate of drug-likeness (QED) is 0.378. The first-order valence-corrected chi connectivity index (χ1v) is 8.23. The fourth-order valence-corrected chi connectivity index (χ4v) is 2.89. The van der Waals surface area contributed by atoms with E-state index >= 15 is 0 Å². The number of rotatable bonds is 4. The Bertz CT molecular complexity index is 889. The zero-order valence-electron chi connectivity index (χ0n) is 11.7. The van der Waals surface area contributed by atoms with Gasteiger partial charge in [0, 0.05) is 22.8 Å². The third-order valence-electron chi connectivity index (χ3n) is 2.89. The van der Waals surface area contributed by atoms with Gasteiger partial charge in [-0.15, -0.1) is 6.42 Å². The van der Waals surface area contributed by atoms with Crippen LogP contribution in [0.1, 0.15) is 0 Å². The molecule has 0 saturated carbocycles. The maximum atomic E-state index is 6.19. The van der Waals surface area contributed by atoms with Gasteiger partial charge < -0.3 is 4.52 Å². The van der Waals surface area contributed by atoms with Crippen molar-refractivity contribution in [1.82, 2.24) is 15.1 Å². The lowest BCUT2D eigenvalue weighted by Gasteiger charge is -1.99. The van der Waals surface area contributed by atoms with Crippen LogP contribution in [0.25, 0.3) is 22.7 Å². The van der Waals surface area contributed by atoms with E-state index in [1.807, 2.05) is 0 Å². The summed E-state index contributed by atoms with van der Waals surface area (Å²) in [6, 6.07) is 8.71. The number of terminal acetylenes is 1. The van der Waals surface area contributed by atoms with Gasteiger partial charge in [-0.2, -0.15) is 0 Å². The summed E-state index contributed by atoms with van der Waals surface area (Å²) in [5, 5.41) is 5.70. The second-order valence-corrected chi connectivity index (χ2v) is 6.20. The van der Waals surface area contributed by atoms with E-state index in [-0.39, 0.29) is 0 Å². The Kier molecular flexibility index (Phi) is 4.87. The molecule has 0 spiro atoms. The third kappa shape index (κ3) is 3.67. The van der Waals surface area contributed by atoms with E-state index in [1.54, 1.807) is 36.5 Å². The van der Waals surface area contributed by atoms with Gasteiger partial charge in [-0.05, 0) is 24.3 Å². The first-order chi connectivity index (χ1) is 11.2. The zero-order chi connectivity index (χ0) is 16.2.